The fourth-order valence-corrected chi connectivity index (χ4v) is 1.88. The topological polar surface area (TPSA) is 60.1 Å². The van der Waals surface area contributed by atoms with Crippen LogP contribution in [-0.2, 0) is 9.47 Å². The molecule has 1 aliphatic heterocycles. The van der Waals surface area contributed by atoms with Gasteiger partial charge >= 0.3 is 0 Å². The number of ether oxygens (including phenoxy) is 2. The average Bonchev–Trinajstić information content (AvgIpc) is 2.57. The van der Waals surface area contributed by atoms with Gasteiger partial charge in [0.25, 0.3) is 0 Å². The first-order chi connectivity index (χ1) is 7.20. The molecule has 2 unspecified atom stereocenters. The van der Waals surface area contributed by atoms with E-state index >= 15 is 0 Å². The van der Waals surface area contributed by atoms with Crippen molar-refractivity contribution in [1.29, 1.82) is 0 Å². The van der Waals surface area contributed by atoms with Crippen LogP contribution in [0, 0.1) is 5.92 Å². The molecule has 0 saturated carbocycles. The second kappa shape index (κ2) is 5.92. The number of hydrogen-bond acceptors (Lipinski definition) is 5. The van der Waals surface area contributed by atoms with Crippen molar-refractivity contribution >= 4 is 5.96 Å². The van der Waals surface area contributed by atoms with Crippen molar-refractivity contribution < 1.29 is 9.47 Å². The largest absolute Gasteiger partial charge is 0.384 e. The maximum atomic E-state index is 5.82. The fraction of sp³-hybridized carbons (Fsp3) is 0.900. The Hall–Kier alpha value is -0.810. The van der Waals surface area contributed by atoms with Gasteiger partial charge in [0.2, 0.25) is 0 Å². The van der Waals surface area contributed by atoms with Crippen molar-refractivity contribution in [2.75, 3.05) is 40.5 Å². The Labute approximate surface area is 91.2 Å². The van der Waals surface area contributed by atoms with Crippen molar-refractivity contribution in [3.63, 3.8) is 0 Å². The fourth-order valence-electron chi connectivity index (χ4n) is 1.88. The van der Waals surface area contributed by atoms with Crippen LogP contribution >= 0.6 is 0 Å². The second-order valence-electron chi connectivity index (χ2n) is 3.89. The zero-order valence-electron chi connectivity index (χ0n) is 9.77. The summed E-state index contributed by atoms with van der Waals surface area (Å²) < 4.78 is 10.2. The van der Waals surface area contributed by atoms with E-state index in [4.69, 9.17) is 15.2 Å². The summed E-state index contributed by atoms with van der Waals surface area (Å²) in [5, 5.41) is 0. The van der Waals surface area contributed by atoms with Gasteiger partial charge in [-0.2, -0.15) is 0 Å². The van der Waals surface area contributed by atoms with Gasteiger partial charge in [0, 0.05) is 26.7 Å². The summed E-state index contributed by atoms with van der Waals surface area (Å²) in [6.07, 6.45) is 0. The number of nitrogens with zero attached hydrogens (tertiary/aromatic N) is 2. The van der Waals surface area contributed by atoms with Gasteiger partial charge in [0.05, 0.1) is 25.8 Å². The minimum Gasteiger partial charge on any atom is -0.384 e. The van der Waals surface area contributed by atoms with E-state index in [0.717, 1.165) is 19.7 Å². The highest BCUT2D eigenvalue weighted by molar-refractivity contribution is 5.80. The van der Waals surface area contributed by atoms with Crippen LogP contribution < -0.4 is 5.73 Å². The van der Waals surface area contributed by atoms with Gasteiger partial charge in [-0.3, -0.25) is 4.99 Å². The SMILES string of the molecule is COCCN1C(N)=NCC1C(C)COC. The summed E-state index contributed by atoms with van der Waals surface area (Å²) in [6, 6.07) is 0.347. The molecule has 2 N–H and O–H groups in total. The van der Waals surface area contributed by atoms with E-state index in [-0.39, 0.29) is 0 Å². The van der Waals surface area contributed by atoms with Crippen LogP contribution in [-0.4, -0.2) is 57.4 Å². The summed E-state index contributed by atoms with van der Waals surface area (Å²) in [6.45, 7) is 5.12. The Bertz CT molecular complexity index is 221. The van der Waals surface area contributed by atoms with E-state index in [1.54, 1.807) is 14.2 Å². The molecule has 0 aromatic rings. The highest BCUT2D eigenvalue weighted by Crippen LogP contribution is 2.16. The molecule has 1 heterocycles. The Kier molecular flexibility index (Phi) is 4.84. The number of hydrogen-bond donors (Lipinski definition) is 1. The molecule has 0 aromatic carbocycles. The standard InChI is InChI=1S/C10H21N3O2/c1-8(7-15-3)9-6-12-10(11)13(9)4-5-14-2/h8-9H,4-7H2,1-3H3,(H2,11,12). The van der Waals surface area contributed by atoms with Gasteiger partial charge < -0.3 is 20.1 Å². The van der Waals surface area contributed by atoms with E-state index in [9.17, 15) is 0 Å². The van der Waals surface area contributed by atoms with E-state index in [1.807, 2.05) is 0 Å². The summed E-state index contributed by atoms with van der Waals surface area (Å²) in [5.74, 6) is 1.05. The summed E-state index contributed by atoms with van der Waals surface area (Å²) in [5.41, 5.74) is 5.82. The molecule has 0 radical (unpaired) electrons. The molecule has 0 aliphatic carbocycles. The molecule has 0 aromatic heterocycles. The summed E-state index contributed by atoms with van der Waals surface area (Å²) >= 11 is 0. The molecular formula is C10H21N3O2. The van der Waals surface area contributed by atoms with Gasteiger partial charge in [0.1, 0.15) is 0 Å². The normalized spacial score (nSPS) is 23.0. The minimum atomic E-state index is 0.347. The monoisotopic (exact) mass is 215 g/mol. The van der Waals surface area contributed by atoms with Gasteiger partial charge in [-0.25, -0.2) is 0 Å². The van der Waals surface area contributed by atoms with Gasteiger partial charge in [-0.1, -0.05) is 6.92 Å². The lowest BCUT2D eigenvalue weighted by atomic mass is 10.0. The van der Waals surface area contributed by atoms with Crippen molar-refractivity contribution in [1.82, 2.24) is 4.90 Å². The van der Waals surface area contributed by atoms with Crippen LogP contribution in [0.3, 0.4) is 0 Å². The van der Waals surface area contributed by atoms with Crippen LogP contribution in [0.2, 0.25) is 0 Å². The minimum absolute atomic E-state index is 0.347. The van der Waals surface area contributed by atoms with Crippen LogP contribution in [0.4, 0.5) is 0 Å². The Balaban J connectivity index is 2.50. The van der Waals surface area contributed by atoms with Crippen LogP contribution in [0.1, 0.15) is 6.92 Å². The lowest BCUT2D eigenvalue weighted by Gasteiger charge is -2.30. The maximum Gasteiger partial charge on any atom is 0.191 e. The third-order valence-electron chi connectivity index (χ3n) is 2.76. The van der Waals surface area contributed by atoms with Crippen molar-refractivity contribution in [2.24, 2.45) is 16.6 Å². The lowest BCUT2D eigenvalue weighted by molar-refractivity contribution is 0.106. The smallest absolute Gasteiger partial charge is 0.191 e. The second-order valence-corrected chi connectivity index (χ2v) is 3.89. The third kappa shape index (κ3) is 3.07. The van der Waals surface area contributed by atoms with E-state index in [1.165, 1.54) is 0 Å². The number of guanidine groups is 1. The first-order valence-electron chi connectivity index (χ1n) is 5.25. The summed E-state index contributed by atoms with van der Waals surface area (Å²) in [4.78, 5) is 6.37. The Morgan fingerprint density at radius 2 is 2.27 bits per heavy atom. The molecule has 5 nitrogen and oxygen atoms in total. The van der Waals surface area contributed by atoms with Crippen molar-refractivity contribution in [3.05, 3.63) is 0 Å². The van der Waals surface area contributed by atoms with Crippen LogP contribution in [0.25, 0.3) is 0 Å². The molecule has 0 amide bonds. The lowest BCUT2D eigenvalue weighted by Crippen LogP contribution is -2.46. The van der Waals surface area contributed by atoms with Crippen LogP contribution in [0.5, 0.6) is 0 Å². The highest BCUT2D eigenvalue weighted by Gasteiger charge is 2.29. The molecule has 0 fully saturated rings. The molecule has 0 saturated heterocycles. The molecule has 0 bridgehead atoms. The predicted octanol–water partition coefficient (Wildman–Crippen LogP) is -0.0858. The zero-order chi connectivity index (χ0) is 11.3. The Morgan fingerprint density at radius 3 is 2.87 bits per heavy atom. The van der Waals surface area contributed by atoms with Gasteiger partial charge in [0.15, 0.2) is 5.96 Å². The van der Waals surface area contributed by atoms with Crippen LogP contribution in [0.15, 0.2) is 4.99 Å². The van der Waals surface area contributed by atoms with Crippen molar-refractivity contribution in [2.45, 2.75) is 13.0 Å². The van der Waals surface area contributed by atoms with E-state index in [0.29, 0.717) is 24.5 Å². The molecule has 0 spiro atoms. The molecule has 15 heavy (non-hydrogen) atoms. The third-order valence-corrected chi connectivity index (χ3v) is 2.76. The summed E-state index contributed by atoms with van der Waals surface area (Å²) in [7, 11) is 3.41. The zero-order valence-corrected chi connectivity index (χ0v) is 9.77. The van der Waals surface area contributed by atoms with Gasteiger partial charge in [-0.15, -0.1) is 0 Å². The maximum absolute atomic E-state index is 5.82. The molecule has 88 valence electrons. The average molecular weight is 215 g/mol. The molecule has 1 aliphatic rings. The number of methoxy groups -OCH3 is 2. The number of nitrogens with two attached hydrogens (primary N) is 1. The van der Waals surface area contributed by atoms with Gasteiger partial charge in [-0.05, 0) is 0 Å². The first-order valence-corrected chi connectivity index (χ1v) is 5.25. The quantitative estimate of drug-likeness (QED) is 0.673. The van der Waals surface area contributed by atoms with E-state index in [2.05, 4.69) is 16.8 Å². The molecular weight excluding hydrogens is 194 g/mol. The van der Waals surface area contributed by atoms with Crippen molar-refractivity contribution in [3.8, 4) is 0 Å². The molecule has 1 rings (SSSR count). The molecule has 5 heteroatoms. The highest BCUT2D eigenvalue weighted by atomic mass is 16.5. The first kappa shape index (κ1) is 12.3. The number of aliphatic imine (C=N–C) groups is 1. The predicted molar refractivity (Wildman–Crippen MR) is 59.9 cm³/mol. The molecule has 2 atom stereocenters. The van der Waals surface area contributed by atoms with E-state index < -0.39 is 0 Å². The Morgan fingerprint density at radius 1 is 1.53 bits per heavy atom. The number of rotatable bonds is 6.